The molecule has 0 aliphatic heterocycles. The first-order valence-corrected chi connectivity index (χ1v) is 15.6. The summed E-state index contributed by atoms with van der Waals surface area (Å²) in [5.41, 5.74) is 8.18. The molecule has 4 aromatic heterocycles. The van der Waals surface area contributed by atoms with Crippen LogP contribution >= 0.6 is 11.3 Å². The molecular formula is C32H46N6S. The predicted octanol–water partition coefficient (Wildman–Crippen LogP) is 8.60. The van der Waals surface area contributed by atoms with E-state index in [-0.39, 0.29) is 0 Å². The van der Waals surface area contributed by atoms with Gasteiger partial charge in [-0.3, -0.25) is 13.8 Å². The standard InChI is InChI=1S/C12H20N2.C12H16N2.C8H10N2S/c2*1-4-14-12(9(2)3)10-7-5-6-8-11(10)13-14;1-6(2)7-5-9-8-10(7)3-4-11-8/h9H,4-8H2,1-3H3;5-9H,4H2,1-3H3;3-6H,1-2H3. The van der Waals surface area contributed by atoms with Crippen LogP contribution in [-0.4, -0.2) is 28.9 Å². The van der Waals surface area contributed by atoms with Gasteiger partial charge in [0.05, 0.1) is 17.4 Å². The lowest BCUT2D eigenvalue weighted by atomic mass is 9.92. The minimum Gasteiger partial charge on any atom is -0.294 e. The van der Waals surface area contributed by atoms with Gasteiger partial charge in [0.25, 0.3) is 0 Å². The number of rotatable bonds is 5. The molecule has 0 saturated carbocycles. The second-order valence-electron chi connectivity index (χ2n) is 11.3. The maximum Gasteiger partial charge on any atom is 0.193 e. The van der Waals surface area contributed by atoms with Gasteiger partial charge in [-0.1, -0.05) is 59.7 Å². The summed E-state index contributed by atoms with van der Waals surface area (Å²) >= 11 is 1.68. The lowest BCUT2D eigenvalue weighted by molar-refractivity contribution is 0.591. The van der Waals surface area contributed by atoms with E-state index in [4.69, 9.17) is 5.10 Å². The highest BCUT2D eigenvalue weighted by atomic mass is 32.1. The lowest BCUT2D eigenvalue weighted by Crippen LogP contribution is -2.06. The largest absolute Gasteiger partial charge is 0.294 e. The van der Waals surface area contributed by atoms with Gasteiger partial charge in [-0.25, -0.2) is 4.98 Å². The summed E-state index contributed by atoms with van der Waals surface area (Å²) in [5, 5.41) is 12.6. The van der Waals surface area contributed by atoms with Gasteiger partial charge in [-0.15, -0.1) is 11.3 Å². The minimum absolute atomic E-state index is 0.530. The average molecular weight is 547 g/mol. The van der Waals surface area contributed by atoms with Gasteiger partial charge >= 0.3 is 0 Å². The molecule has 1 aliphatic carbocycles. The molecule has 0 unspecified atom stereocenters. The highest BCUT2D eigenvalue weighted by Crippen LogP contribution is 2.29. The van der Waals surface area contributed by atoms with Crippen molar-refractivity contribution in [2.24, 2.45) is 0 Å². The van der Waals surface area contributed by atoms with Gasteiger partial charge < -0.3 is 0 Å². The Balaban J connectivity index is 0.000000137. The molecule has 39 heavy (non-hydrogen) atoms. The predicted molar refractivity (Wildman–Crippen MR) is 165 cm³/mol. The molecule has 210 valence electrons. The Labute approximate surface area is 238 Å². The van der Waals surface area contributed by atoms with E-state index in [2.05, 4.69) is 109 Å². The topological polar surface area (TPSA) is 52.9 Å². The van der Waals surface area contributed by atoms with E-state index in [9.17, 15) is 0 Å². The number of hydrogen-bond acceptors (Lipinski definition) is 4. The highest BCUT2D eigenvalue weighted by molar-refractivity contribution is 7.15. The SMILES string of the molecule is CC(C)c1cnc2sccn12.CCn1nc2c(c1C(C)C)CCCC2.CCn1nc2ccccc2c1C(C)C. The van der Waals surface area contributed by atoms with Crippen LogP contribution in [0.1, 0.15) is 114 Å². The molecule has 0 bridgehead atoms. The van der Waals surface area contributed by atoms with E-state index < -0.39 is 0 Å². The molecule has 0 saturated heterocycles. The summed E-state index contributed by atoms with van der Waals surface area (Å²) in [4.78, 5) is 5.37. The van der Waals surface area contributed by atoms with Crippen molar-refractivity contribution in [2.45, 2.75) is 112 Å². The molecule has 1 aliphatic rings. The summed E-state index contributed by atoms with van der Waals surface area (Å²) in [7, 11) is 0. The number of benzene rings is 1. The smallest absolute Gasteiger partial charge is 0.193 e. The Kier molecular flexibility index (Phi) is 9.65. The van der Waals surface area contributed by atoms with Crippen LogP contribution in [0.2, 0.25) is 0 Å². The molecule has 0 spiro atoms. The van der Waals surface area contributed by atoms with Gasteiger partial charge in [0.2, 0.25) is 0 Å². The van der Waals surface area contributed by atoms with E-state index in [0.29, 0.717) is 17.8 Å². The first-order chi connectivity index (χ1) is 18.8. The Morgan fingerprint density at radius 3 is 2.15 bits per heavy atom. The van der Waals surface area contributed by atoms with Crippen molar-refractivity contribution in [1.29, 1.82) is 0 Å². The third-order valence-corrected chi connectivity index (χ3v) is 8.18. The van der Waals surface area contributed by atoms with E-state index in [0.717, 1.165) is 23.6 Å². The second-order valence-corrected chi connectivity index (χ2v) is 12.1. The van der Waals surface area contributed by atoms with Crippen molar-refractivity contribution in [3.63, 3.8) is 0 Å². The highest BCUT2D eigenvalue weighted by Gasteiger charge is 2.21. The molecule has 4 heterocycles. The summed E-state index contributed by atoms with van der Waals surface area (Å²) < 4.78 is 6.46. The molecule has 7 heteroatoms. The van der Waals surface area contributed by atoms with Crippen LogP contribution in [-0.2, 0) is 25.9 Å². The van der Waals surface area contributed by atoms with E-state index >= 15 is 0 Å². The minimum atomic E-state index is 0.530. The molecule has 6 rings (SSSR count). The average Bonchev–Trinajstić information content (AvgIpc) is 3.69. The van der Waals surface area contributed by atoms with Crippen molar-refractivity contribution in [1.82, 2.24) is 28.9 Å². The zero-order valence-corrected chi connectivity index (χ0v) is 25.9. The molecule has 0 atom stereocenters. The molecule has 0 N–H and O–H groups in total. The third-order valence-electron chi connectivity index (χ3n) is 7.41. The lowest BCUT2D eigenvalue weighted by Gasteiger charge is -2.13. The van der Waals surface area contributed by atoms with Crippen LogP contribution in [0.5, 0.6) is 0 Å². The molecule has 0 amide bonds. The maximum absolute atomic E-state index is 4.71. The van der Waals surface area contributed by atoms with Crippen LogP contribution in [0.3, 0.4) is 0 Å². The number of aromatic nitrogens is 6. The maximum atomic E-state index is 4.71. The zero-order valence-electron chi connectivity index (χ0n) is 25.1. The fraction of sp³-hybridized carbons (Fsp3) is 0.531. The fourth-order valence-electron chi connectivity index (χ4n) is 5.64. The molecule has 0 radical (unpaired) electrons. The summed E-state index contributed by atoms with van der Waals surface area (Å²) in [6.45, 7) is 19.6. The molecule has 6 nitrogen and oxygen atoms in total. The Hall–Kier alpha value is -2.93. The number of imidazole rings is 1. The third kappa shape index (κ3) is 6.29. The summed E-state index contributed by atoms with van der Waals surface area (Å²) in [5.74, 6) is 1.70. The Morgan fingerprint density at radius 1 is 0.821 bits per heavy atom. The summed E-state index contributed by atoms with van der Waals surface area (Å²) in [6, 6.07) is 8.35. The van der Waals surface area contributed by atoms with E-state index in [1.165, 1.54) is 53.8 Å². The molecular weight excluding hydrogens is 500 g/mol. The quantitative estimate of drug-likeness (QED) is 0.222. The number of fused-ring (bicyclic) bond motifs is 3. The number of aryl methyl sites for hydroxylation is 3. The van der Waals surface area contributed by atoms with Crippen LogP contribution in [0.15, 0.2) is 42.0 Å². The Morgan fingerprint density at radius 2 is 1.49 bits per heavy atom. The van der Waals surface area contributed by atoms with Crippen molar-refractivity contribution in [2.75, 3.05) is 0 Å². The second kappa shape index (κ2) is 12.9. The first kappa shape index (κ1) is 29.1. The molecule has 5 aromatic rings. The van der Waals surface area contributed by atoms with E-state index in [1.807, 2.05) is 12.3 Å². The van der Waals surface area contributed by atoms with Crippen molar-refractivity contribution >= 4 is 27.2 Å². The first-order valence-electron chi connectivity index (χ1n) is 14.7. The molecule has 0 fully saturated rings. The van der Waals surface area contributed by atoms with Crippen LogP contribution < -0.4 is 0 Å². The van der Waals surface area contributed by atoms with Crippen molar-refractivity contribution in [3.05, 3.63) is 70.4 Å². The summed E-state index contributed by atoms with van der Waals surface area (Å²) in [6.07, 6.45) is 9.15. The van der Waals surface area contributed by atoms with Crippen molar-refractivity contribution < 1.29 is 0 Å². The van der Waals surface area contributed by atoms with Gasteiger partial charge in [0, 0.05) is 47.1 Å². The fourth-order valence-corrected chi connectivity index (χ4v) is 6.34. The normalized spacial score (nSPS) is 13.1. The molecule has 1 aromatic carbocycles. The monoisotopic (exact) mass is 546 g/mol. The van der Waals surface area contributed by atoms with Gasteiger partial charge in [-0.05, 0) is 68.9 Å². The van der Waals surface area contributed by atoms with Crippen LogP contribution in [0.4, 0.5) is 0 Å². The number of hydrogen-bond donors (Lipinski definition) is 0. The van der Waals surface area contributed by atoms with Gasteiger partial charge in [-0.2, -0.15) is 10.2 Å². The number of nitrogens with zero attached hydrogens (tertiary/aromatic N) is 6. The van der Waals surface area contributed by atoms with Gasteiger partial charge in [0.15, 0.2) is 4.96 Å². The van der Waals surface area contributed by atoms with Crippen LogP contribution in [0.25, 0.3) is 15.9 Å². The Bertz CT molecular complexity index is 1480. The van der Waals surface area contributed by atoms with Crippen LogP contribution in [0, 0.1) is 0 Å². The van der Waals surface area contributed by atoms with E-state index in [1.54, 1.807) is 16.9 Å². The zero-order chi connectivity index (χ0) is 28.1. The van der Waals surface area contributed by atoms with Crippen molar-refractivity contribution in [3.8, 4) is 0 Å². The van der Waals surface area contributed by atoms with Gasteiger partial charge in [0.1, 0.15) is 0 Å². The number of thiazole rings is 1.